The predicted molar refractivity (Wildman–Crippen MR) is 137 cm³/mol. The summed E-state index contributed by atoms with van der Waals surface area (Å²) in [6, 6.07) is 21.0. The molecule has 1 N–H and O–H groups in total. The van der Waals surface area contributed by atoms with Crippen LogP contribution in [0.3, 0.4) is 0 Å². The molecule has 1 unspecified atom stereocenters. The standard InChI is InChI=1S/C30H35FN2O/c1-3-17-33(18-4-2)21-22-5-6-27-20-29(16-13-26(27)19-22)32-30(34)25-9-7-23(8-10-25)24-11-14-28(31)15-12-24/h5-12,14-15,19,29H,3-4,13,16-18,20-21H2,1-2H3,(H,32,34). The van der Waals surface area contributed by atoms with Crippen LogP contribution in [0.5, 0.6) is 0 Å². The molecule has 34 heavy (non-hydrogen) atoms. The topological polar surface area (TPSA) is 32.3 Å². The zero-order chi connectivity index (χ0) is 23.9. The van der Waals surface area contributed by atoms with Gasteiger partial charge in [0, 0.05) is 18.2 Å². The van der Waals surface area contributed by atoms with E-state index in [9.17, 15) is 9.18 Å². The highest BCUT2D eigenvalue weighted by molar-refractivity contribution is 5.94. The summed E-state index contributed by atoms with van der Waals surface area (Å²) in [5.74, 6) is -0.287. The van der Waals surface area contributed by atoms with Crippen LogP contribution in [-0.2, 0) is 19.4 Å². The quantitative estimate of drug-likeness (QED) is 0.402. The van der Waals surface area contributed by atoms with Crippen molar-refractivity contribution in [3.63, 3.8) is 0 Å². The van der Waals surface area contributed by atoms with Crippen molar-refractivity contribution in [2.24, 2.45) is 0 Å². The molecule has 0 bridgehead atoms. The Morgan fingerprint density at radius 3 is 2.21 bits per heavy atom. The Hall–Kier alpha value is -2.98. The molecule has 0 heterocycles. The lowest BCUT2D eigenvalue weighted by atomic mass is 9.87. The lowest BCUT2D eigenvalue weighted by molar-refractivity contribution is 0.0933. The van der Waals surface area contributed by atoms with E-state index in [1.165, 1.54) is 41.7 Å². The third kappa shape index (κ3) is 6.12. The predicted octanol–water partition coefficient (Wildman–Crippen LogP) is 6.40. The second-order valence-corrected chi connectivity index (χ2v) is 9.38. The molecule has 3 nitrogen and oxygen atoms in total. The molecule has 3 aromatic carbocycles. The molecule has 4 rings (SSSR count). The van der Waals surface area contributed by atoms with Gasteiger partial charge in [-0.3, -0.25) is 9.69 Å². The molecular weight excluding hydrogens is 423 g/mol. The summed E-state index contributed by atoms with van der Waals surface area (Å²) in [4.78, 5) is 15.4. The normalized spacial score (nSPS) is 15.2. The average Bonchev–Trinajstić information content (AvgIpc) is 2.85. The van der Waals surface area contributed by atoms with E-state index in [0.717, 1.165) is 50.0 Å². The van der Waals surface area contributed by atoms with Crippen molar-refractivity contribution in [1.82, 2.24) is 10.2 Å². The van der Waals surface area contributed by atoms with Crippen LogP contribution in [0.4, 0.5) is 4.39 Å². The lowest BCUT2D eigenvalue weighted by Gasteiger charge is -2.27. The Morgan fingerprint density at radius 1 is 0.912 bits per heavy atom. The van der Waals surface area contributed by atoms with Crippen molar-refractivity contribution >= 4 is 5.91 Å². The minimum Gasteiger partial charge on any atom is -0.349 e. The number of benzene rings is 3. The molecule has 1 aliphatic rings. The first-order chi connectivity index (χ1) is 16.6. The van der Waals surface area contributed by atoms with Gasteiger partial charge in [-0.1, -0.05) is 56.3 Å². The highest BCUT2D eigenvalue weighted by Crippen LogP contribution is 2.24. The van der Waals surface area contributed by atoms with Crippen molar-refractivity contribution in [2.45, 2.75) is 58.5 Å². The van der Waals surface area contributed by atoms with Crippen LogP contribution in [-0.4, -0.2) is 29.9 Å². The van der Waals surface area contributed by atoms with Crippen molar-refractivity contribution < 1.29 is 9.18 Å². The van der Waals surface area contributed by atoms with E-state index in [-0.39, 0.29) is 17.8 Å². The zero-order valence-corrected chi connectivity index (χ0v) is 20.3. The van der Waals surface area contributed by atoms with Crippen molar-refractivity contribution in [3.8, 4) is 11.1 Å². The molecule has 1 amide bonds. The molecule has 178 valence electrons. The molecule has 4 heteroatoms. The summed E-state index contributed by atoms with van der Waals surface area (Å²) in [6.07, 6.45) is 5.20. The van der Waals surface area contributed by atoms with E-state index in [4.69, 9.17) is 0 Å². The van der Waals surface area contributed by atoms with Crippen molar-refractivity contribution in [2.75, 3.05) is 13.1 Å². The van der Waals surface area contributed by atoms with Crippen LogP contribution in [0.15, 0.2) is 66.7 Å². The lowest BCUT2D eigenvalue weighted by Crippen LogP contribution is -2.38. The minimum atomic E-state index is -0.250. The van der Waals surface area contributed by atoms with E-state index >= 15 is 0 Å². The van der Waals surface area contributed by atoms with Gasteiger partial charge in [0.05, 0.1) is 0 Å². The van der Waals surface area contributed by atoms with Crippen LogP contribution in [0.25, 0.3) is 11.1 Å². The smallest absolute Gasteiger partial charge is 0.251 e. The highest BCUT2D eigenvalue weighted by atomic mass is 19.1. The summed E-state index contributed by atoms with van der Waals surface area (Å²) in [7, 11) is 0. The van der Waals surface area contributed by atoms with E-state index < -0.39 is 0 Å². The zero-order valence-electron chi connectivity index (χ0n) is 20.3. The van der Waals surface area contributed by atoms with E-state index in [2.05, 4.69) is 42.3 Å². The Kier molecular flexibility index (Phi) is 8.12. The molecule has 0 saturated carbocycles. The van der Waals surface area contributed by atoms with E-state index in [0.29, 0.717) is 5.56 Å². The maximum atomic E-state index is 13.2. The number of nitrogens with one attached hydrogen (secondary N) is 1. The molecule has 0 fully saturated rings. The highest BCUT2D eigenvalue weighted by Gasteiger charge is 2.21. The van der Waals surface area contributed by atoms with Crippen LogP contribution in [0.2, 0.25) is 0 Å². The fraction of sp³-hybridized carbons (Fsp3) is 0.367. The van der Waals surface area contributed by atoms with Gasteiger partial charge in [0.15, 0.2) is 0 Å². The molecule has 0 spiro atoms. The number of carbonyl (C=O) groups is 1. The van der Waals surface area contributed by atoms with Gasteiger partial charge in [-0.2, -0.15) is 0 Å². The summed E-state index contributed by atoms with van der Waals surface area (Å²) in [5.41, 5.74) is 6.73. The van der Waals surface area contributed by atoms with E-state index in [1.54, 1.807) is 12.1 Å². The van der Waals surface area contributed by atoms with Gasteiger partial charge in [-0.15, -0.1) is 0 Å². The number of hydrogen-bond donors (Lipinski definition) is 1. The Morgan fingerprint density at radius 2 is 1.56 bits per heavy atom. The monoisotopic (exact) mass is 458 g/mol. The van der Waals surface area contributed by atoms with Gasteiger partial charge in [-0.05, 0) is 97.3 Å². The number of hydrogen-bond acceptors (Lipinski definition) is 2. The first kappa shape index (κ1) is 24.2. The van der Waals surface area contributed by atoms with Gasteiger partial charge >= 0.3 is 0 Å². The van der Waals surface area contributed by atoms with Crippen LogP contribution >= 0.6 is 0 Å². The summed E-state index contributed by atoms with van der Waals surface area (Å²) in [5, 5.41) is 3.23. The van der Waals surface area contributed by atoms with Gasteiger partial charge in [0.1, 0.15) is 5.82 Å². The Balaban J connectivity index is 1.35. The number of aryl methyl sites for hydroxylation is 1. The average molecular weight is 459 g/mol. The Labute approximate surface area is 203 Å². The first-order valence-corrected chi connectivity index (χ1v) is 12.6. The maximum Gasteiger partial charge on any atom is 0.251 e. The fourth-order valence-corrected chi connectivity index (χ4v) is 4.92. The van der Waals surface area contributed by atoms with Gasteiger partial charge in [0.25, 0.3) is 5.91 Å². The van der Waals surface area contributed by atoms with Crippen LogP contribution in [0, 0.1) is 5.82 Å². The third-order valence-electron chi connectivity index (χ3n) is 6.64. The number of carbonyl (C=O) groups excluding carboxylic acids is 1. The minimum absolute atomic E-state index is 0.0366. The second kappa shape index (κ2) is 11.4. The maximum absolute atomic E-state index is 13.2. The van der Waals surface area contributed by atoms with Crippen molar-refractivity contribution in [1.29, 1.82) is 0 Å². The van der Waals surface area contributed by atoms with Gasteiger partial charge in [-0.25, -0.2) is 4.39 Å². The summed E-state index contributed by atoms with van der Waals surface area (Å²) >= 11 is 0. The second-order valence-electron chi connectivity index (χ2n) is 9.38. The SMILES string of the molecule is CCCN(CCC)Cc1ccc2c(c1)CCC(NC(=O)c1ccc(-c3ccc(F)cc3)cc1)C2. The number of amides is 1. The number of halogens is 1. The van der Waals surface area contributed by atoms with Crippen LogP contribution < -0.4 is 5.32 Å². The number of rotatable bonds is 9. The number of nitrogens with zero attached hydrogens (tertiary/aromatic N) is 1. The van der Waals surface area contributed by atoms with Gasteiger partial charge < -0.3 is 5.32 Å². The molecule has 0 saturated heterocycles. The molecule has 0 aliphatic heterocycles. The largest absolute Gasteiger partial charge is 0.349 e. The summed E-state index contributed by atoms with van der Waals surface area (Å²) in [6.45, 7) is 7.78. The molecule has 0 aromatic heterocycles. The van der Waals surface area contributed by atoms with Crippen molar-refractivity contribution in [3.05, 3.63) is 94.8 Å². The first-order valence-electron chi connectivity index (χ1n) is 12.6. The molecule has 1 aliphatic carbocycles. The molecule has 0 radical (unpaired) electrons. The third-order valence-corrected chi connectivity index (χ3v) is 6.64. The number of fused-ring (bicyclic) bond motifs is 1. The molecule has 1 atom stereocenters. The molecular formula is C30H35FN2O. The summed E-state index contributed by atoms with van der Waals surface area (Å²) < 4.78 is 13.2. The van der Waals surface area contributed by atoms with Crippen LogP contribution in [0.1, 0.15) is 60.2 Å². The fourth-order valence-electron chi connectivity index (χ4n) is 4.92. The van der Waals surface area contributed by atoms with Gasteiger partial charge in [0.2, 0.25) is 0 Å². The molecule has 3 aromatic rings. The van der Waals surface area contributed by atoms with E-state index in [1.807, 2.05) is 24.3 Å². The Bertz CT molecular complexity index is 1090.